The number of aliphatic hydroxyl groups is 1. The second-order valence-corrected chi connectivity index (χ2v) is 6.59. The van der Waals surface area contributed by atoms with Crippen molar-refractivity contribution < 1.29 is 14.3 Å². The van der Waals surface area contributed by atoms with E-state index >= 15 is 0 Å². The van der Waals surface area contributed by atoms with Crippen LogP contribution in [0, 0.1) is 0 Å². The summed E-state index contributed by atoms with van der Waals surface area (Å²) in [6, 6.07) is 3.42. The third kappa shape index (κ3) is 3.72. The van der Waals surface area contributed by atoms with Crippen LogP contribution in [0.5, 0.6) is 0 Å². The van der Waals surface area contributed by atoms with Gasteiger partial charge in [-0.15, -0.1) is 0 Å². The maximum atomic E-state index is 12.3. The van der Waals surface area contributed by atoms with Gasteiger partial charge in [0, 0.05) is 39.8 Å². The molecular weight excluding hydrogens is 308 g/mol. The van der Waals surface area contributed by atoms with Crippen molar-refractivity contribution in [2.45, 2.75) is 31.3 Å². The van der Waals surface area contributed by atoms with Crippen LogP contribution < -0.4 is 5.32 Å². The minimum absolute atomic E-state index is 0.0668. The Morgan fingerprint density at radius 1 is 1.29 bits per heavy atom. The van der Waals surface area contributed by atoms with Gasteiger partial charge in [-0.3, -0.25) is 9.79 Å². The molecule has 1 saturated carbocycles. The largest absolute Gasteiger partial charge is 0.459 e. The second kappa shape index (κ2) is 7.25. The van der Waals surface area contributed by atoms with E-state index < -0.39 is 5.60 Å². The molecule has 2 heterocycles. The minimum Gasteiger partial charge on any atom is -0.459 e. The van der Waals surface area contributed by atoms with E-state index in [-0.39, 0.29) is 5.91 Å². The Kier molecular flexibility index (Phi) is 5.08. The molecule has 1 aliphatic heterocycles. The number of carbonyl (C=O) groups is 1. The first-order valence-corrected chi connectivity index (χ1v) is 8.62. The van der Waals surface area contributed by atoms with E-state index in [0.717, 1.165) is 31.6 Å². The maximum absolute atomic E-state index is 12.3. The second-order valence-electron chi connectivity index (χ2n) is 6.59. The van der Waals surface area contributed by atoms with Gasteiger partial charge in [0.15, 0.2) is 11.7 Å². The van der Waals surface area contributed by atoms with Crippen LogP contribution in [-0.4, -0.2) is 72.1 Å². The highest BCUT2D eigenvalue weighted by Crippen LogP contribution is 2.28. The first-order chi connectivity index (χ1) is 11.6. The molecule has 1 aliphatic carbocycles. The summed E-state index contributed by atoms with van der Waals surface area (Å²) in [6.07, 6.45) is 5.39. The molecule has 0 aromatic carbocycles. The fourth-order valence-electron chi connectivity index (χ4n) is 3.46. The van der Waals surface area contributed by atoms with Crippen molar-refractivity contribution in [3.05, 3.63) is 24.2 Å². The van der Waals surface area contributed by atoms with E-state index in [9.17, 15) is 9.90 Å². The van der Waals surface area contributed by atoms with Gasteiger partial charge >= 0.3 is 0 Å². The number of piperazine rings is 1. The third-order valence-corrected chi connectivity index (χ3v) is 4.92. The predicted octanol–water partition coefficient (Wildman–Crippen LogP) is 0.918. The Morgan fingerprint density at radius 3 is 2.54 bits per heavy atom. The lowest BCUT2D eigenvalue weighted by molar-refractivity contribution is 0.0509. The number of hydrogen-bond donors (Lipinski definition) is 2. The summed E-state index contributed by atoms with van der Waals surface area (Å²) in [5.74, 6) is 1.11. The molecule has 0 atom stereocenters. The van der Waals surface area contributed by atoms with Gasteiger partial charge in [-0.1, -0.05) is 12.8 Å². The summed E-state index contributed by atoms with van der Waals surface area (Å²) in [6.45, 7) is 3.22. The molecule has 2 aliphatic rings. The lowest BCUT2D eigenvalue weighted by atomic mass is 10.0. The summed E-state index contributed by atoms with van der Waals surface area (Å²) in [5, 5.41) is 13.8. The SMILES string of the molecule is CN=C(NCC1(O)CCCC1)N1CCN(C(=O)c2ccco2)CC1. The summed E-state index contributed by atoms with van der Waals surface area (Å²) in [4.78, 5) is 20.5. The zero-order valence-corrected chi connectivity index (χ0v) is 14.2. The van der Waals surface area contributed by atoms with Crippen LogP contribution in [0.4, 0.5) is 0 Å². The zero-order chi connectivity index (χ0) is 17.0. The van der Waals surface area contributed by atoms with Crippen molar-refractivity contribution in [2.24, 2.45) is 4.99 Å². The Hall–Kier alpha value is -2.02. The average Bonchev–Trinajstić information content (AvgIpc) is 3.27. The number of rotatable bonds is 3. The predicted molar refractivity (Wildman–Crippen MR) is 91.0 cm³/mol. The van der Waals surface area contributed by atoms with Gasteiger partial charge in [0.25, 0.3) is 5.91 Å². The molecule has 0 bridgehead atoms. The topological polar surface area (TPSA) is 81.3 Å². The quantitative estimate of drug-likeness (QED) is 0.634. The fourth-order valence-corrected chi connectivity index (χ4v) is 3.46. The third-order valence-electron chi connectivity index (χ3n) is 4.92. The Labute approximate surface area is 142 Å². The molecule has 24 heavy (non-hydrogen) atoms. The Morgan fingerprint density at radius 2 is 1.96 bits per heavy atom. The van der Waals surface area contributed by atoms with Crippen LogP contribution in [0.15, 0.2) is 27.8 Å². The first kappa shape index (κ1) is 16.8. The summed E-state index contributed by atoms with van der Waals surface area (Å²) < 4.78 is 5.18. The number of aliphatic imine (C=N–C) groups is 1. The van der Waals surface area contributed by atoms with Crippen molar-refractivity contribution in [3.8, 4) is 0 Å². The van der Waals surface area contributed by atoms with Gasteiger partial charge in [0.05, 0.1) is 11.9 Å². The van der Waals surface area contributed by atoms with Crippen molar-refractivity contribution in [3.63, 3.8) is 0 Å². The minimum atomic E-state index is -0.604. The molecule has 2 fully saturated rings. The molecule has 3 rings (SSSR count). The van der Waals surface area contributed by atoms with Crippen molar-refractivity contribution in [1.82, 2.24) is 15.1 Å². The van der Waals surface area contributed by atoms with E-state index in [1.807, 2.05) is 0 Å². The lowest BCUT2D eigenvalue weighted by Crippen LogP contribution is -2.55. The molecule has 1 aromatic heterocycles. The van der Waals surface area contributed by atoms with Gasteiger partial charge in [0.2, 0.25) is 0 Å². The molecule has 7 heteroatoms. The van der Waals surface area contributed by atoms with Gasteiger partial charge in [-0.25, -0.2) is 0 Å². The van der Waals surface area contributed by atoms with Gasteiger partial charge in [-0.05, 0) is 25.0 Å². The van der Waals surface area contributed by atoms with Crippen molar-refractivity contribution in [1.29, 1.82) is 0 Å². The molecular formula is C17H26N4O3. The number of hydrogen-bond acceptors (Lipinski definition) is 4. The van der Waals surface area contributed by atoms with Gasteiger partial charge in [-0.2, -0.15) is 0 Å². The van der Waals surface area contributed by atoms with Gasteiger partial charge < -0.3 is 24.6 Å². The molecule has 0 spiro atoms. The van der Waals surface area contributed by atoms with Gasteiger partial charge in [0.1, 0.15) is 0 Å². The Balaban J connectivity index is 1.50. The molecule has 0 radical (unpaired) electrons. The standard InChI is InChI=1S/C17H26N4O3/c1-18-16(19-13-17(23)6-2-3-7-17)21-10-8-20(9-11-21)15(22)14-5-4-12-24-14/h4-5,12,23H,2-3,6-11,13H2,1H3,(H,18,19). The smallest absolute Gasteiger partial charge is 0.289 e. The summed E-state index contributed by atoms with van der Waals surface area (Å²) in [7, 11) is 1.75. The maximum Gasteiger partial charge on any atom is 0.289 e. The molecule has 7 nitrogen and oxygen atoms in total. The zero-order valence-electron chi connectivity index (χ0n) is 14.2. The summed E-state index contributed by atoms with van der Waals surface area (Å²) >= 11 is 0. The van der Waals surface area contributed by atoms with E-state index in [2.05, 4.69) is 15.2 Å². The lowest BCUT2D eigenvalue weighted by Gasteiger charge is -2.37. The molecule has 1 amide bonds. The monoisotopic (exact) mass is 334 g/mol. The van der Waals surface area contributed by atoms with Crippen LogP contribution in [0.3, 0.4) is 0 Å². The molecule has 2 N–H and O–H groups in total. The number of guanidine groups is 1. The molecule has 1 aromatic rings. The van der Waals surface area contributed by atoms with Crippen molar-refractivity contribution >= 4 is 11.9 Å². The highest BCUT2D eigenvalue weighted by Gasteiger charge is 2.32. The normalized spacial score (nSPS) is 21.2. The van der Waals surface area contributed by atoms with E-state index in [1.54, 1.807) is 24.1 Å². The van der Waals surface area contributed by atoms with Crippen LogP contribution in [0.1, 0.15) is 36.2 Å². The summed E-state index contributed by atoms with van der Waals surface area (Å²) in [5.41, 5.74) is -0.604. The number of carbonyl (C=O) groups excluding carboxylic acids is 1. The van der Waals surface area contributed by atoms with Crippen LogP contribution in [0.2, 0.25) is 0 Å². The Bertz CT molecular complexity index is 571. The number of nitrogens with one attached hydrogen (secondary N) is 1. The average molecular weight is 334 g/mol. The highest BCUT2D eigenvalue weighted by molar-refractivity contribution is 5.91. The van der Waals surface area contributed by atoms with E-state index in [4.69, 9.17) is 4.42 Å². The van der Waals surface area contributed by atoms with Crippen molar-refractivity contribution in [2.75, 3.05) is 39.8 Å². The fraction of sp³-hybridized carbons (Fsp3) is 0.647. The molecule has 132 valence electrons. The first-order valence-electron chi connectivity index (χ1n) is 8.62. The number of nitrogens with zero attached hydrogens (tertiary/aromatic N) is 3. The van der Waals surface area contributed by atoms with Crippen LogP contribution in [-0.2, 0) is 0 Å². The highest BCUT2D eigenvalue weighted by atomic mass is 16.3. The molecule has 0 unspecified atom stereocenters. The number of amides is 1. The van der Waals surface area contributed by atoms with Crippen LogP contribution >= 0.6 is 0 Å². The molecule has 1 saturated heterocycles. The number of furan rings is 1. The van der Waals surface area contributed by atoms with E-state index in [0.29, 0.717) is 38.5 Å². The van der Waals surface area contributed by atoms with Crippen LogP contribution in [0.25, 0.3) is 0 Å². The van der Waals surface area contributed by atoms with E-state index in [1.165, 1.54) is 6.26 Å².